The molecule has 0 radical (unpaired) electrons. The van der Waals surface area contributed by atoms with E-state index in [2.05, 4.69) is 20.2 Å². The standard InChI is InChI=1S/C17H24N6O/c1-12-13(2)20-16-11-14(3-4-15(16)19-12)21-17(24)23-9-7-22(6-5-18)8-10-23/h3-4,11H,5-10,18H2,1-2H3,(H,21,24). The minimum absolute atomic E-state index is 0.0708. The lowest BCUT2D eigenvalue weighted by Crippen LogP contribution is -2.50. The Labute approximate surface area is 141 Å². The number of hydrogen-bond donors (Lipinski definition) is 2. The van der Waals surface area contributed by atoms with Gasteiger partial charge in [0.2, 0.25) is 0 Å². The molecule has 2 heterocycles. The van der Waals surface area contributed by atoms with Gasteiger partial charge in [-0.2, -0.15) is 0 Å². The molecule has 1 saturated heterocycles. The summed E-state index contributed by atoms with van der Waals surface area (Å²) in [6.07, 6.45) is 0. The largest absolute Gasteiger partial charge is 0.329 e. The van der Waals surface area contributed by atoms with E-state index in [9.17, 15) is 4.79 Å². The van der Waals surface area contributed by atoms with Crippen molar-refractivity contribution in [3.05, 3.63) is 29.6 Å². The molecule has 3 rings (SSSR count). The molecule has 3 N–H and O–H groups in total. The van der Waals surface area contributed by atoms with Crippen molar-refractivity contribution in [3.63, 3.8) is 0 Å². The predicted octanol–water partition coefficient (Wildman–Crippen LogP) is 1.35. The van der Waals surface area contributed by atoms with Crippen LogP contribution in [0.4, 0.5) is 10.5 Å². The Hall–Kier alpha value is -2.25. The topological polar surface area (TPSA) is 87.4 Å². The molecule has 1 aliphatic rings. The summed E-state index contributed by atoms with van der Waals surface area (Å²) in [7, 11) is 0. The molecule has 7 nitrogen and oxygen atoms in total. The number of nitrogens with two attached hydrogens (primary N) is 1. The molecule has 0 saturated carbocycles. The van der Waals surface area contributed by atoms with Gasteiger partial charge in [0.25, 0.3) is 0 Å². The fraction of sp³-hybridized carbons (Fsp3) is 0.471. The number of fused-ring (bicyclic) bond motifs is 1. The van der Waals surface area contributed by atoms with Crippen molar-refractivity contribution in [3.8, 4) is 0 Å². The van der Waals surface area contributed by atoms with Crippen molar-refractivity contribution >= 4 is 22.8 Å². The number of nitrogens with one attached hydrogen (secondary N) is 1. The number of aryl methyl sites for hydroxylation is 2. The molecule has 0 aliphatic carbocycles. The Kier molecular flexibility index (Phi) is 4.92. The number of nitrogens with zero attached hydrogens (tertiary/aromatic N) is 4. The number of rotatable bonds is 3. The van der Waals surface area contributed by atoms with Crippen LogP contribution in [0.3, 0.4) is 0 Å². The van der Waals surface area contributed by atoms with Crippen LogP contribution >= 0.6 is 0 Å². The van der Waals surface area contributed by atoms with Gasteiger partial charge in [-0.25, -0.2) is 14.8 Å². The Morgan fingerprint density at radius 2 is 1.79 bits per heavy atom. The van der Waals surface area contributed by atoms with Gasteiger partial charge in [0.1, 0.15) is 0 Å². The van der Waals surface area contributed by atoms with Crippen molar-refractivity contribution < 1.29 is 4.79 Å². The van der Waals surface area contributed by atoms with Gasteiger partial charge in [-0.3, -0.25) is 4.90 Å². The molecule has 1 aromatic heterocycles. The summed E-state index contributed by atoms with van der Waals surface area (Å²) in [5.41, 5.74) is 9.79. The van der Waals surface area contributed by atoms with Gasteiger partial charge in [-0.1, -0.05) is 0 Å². The highest BCUT2D eigenvalue weighted by atomic mass is 16.2. The van der Waals surface area contributed by atoms with E-state index < -0.39 is 0 Å². The van der Waals surface area contributed by atoms with Gasteiger partial charge < -0.3 is 16.0 Å². The van der Waals surface area contributed by atoms with E-state index in [4.69, 9.17) is 5.73 Å². The van der Waals surface area contributed by atoms with Gasteiger partial charge >= 0.3 is 6.03 Å². The van der Waals surface area contributed by atoms with E-state index in [0.29, 0.717) is 6.54 Å². The van der Waals surface area contributed by atoms with Crippen LogP contribution in [0.25, 0.3) is 11.0 Å². The fourth-order valence-electron chi connectivity index (χ4n) is 2.87. The highest BCUT2D eigenvalue weighted by molar-refractivity contribution is 5.92. The lowest BCUT2D eigenvalue weighted by Gasteiger charge is -2.34. The minimum atomic E-state index is -0.0708. The van der Waals surface area contributed by atoms with Crippen LogP contribution < -0.4 is 11.1 Å². The van der Waals surface area contributed by atoms with E-state index in [-0.39, 0.29) is 6.03 Å². The first-order chi connectivity index (χ1) is 11.6. The summed E-state index contributed by atoms with van der Waals surface area (Å²) in [6.45, 7) is 8.60. The van der Waals surface area contributed by atoms with E-state index in [0.717, 1.165) is 60.8 Å². The number of urea groups is 1. The maximum atomic E-state index is 12.4. The average Bonchev–Trinajstić information content (AvgIpc) is 2.57. The Morgan fingerprint density at radius 3 is 2.46 bits per heavy atom. The zero-order valence-corrected chi connectivity index (χ0v) is 14.2. The third-order valence-electron chi connectivity index (χ3n) is 4.43. The monoisotopic (exact) mass is 328 g/mol. The van der Waals surface area contributed by atoms with Crippen LogP contribution in [0.5, 0.6) is 0 Å². The summed E-state index contributed by atoms with van der Waals surface area (Å²) < 4.78 is 0. The van der Waals surface area contributed by atoms with Crippen molar-refractivity contribution in [2.24, 2.45) is 5.73 Å². The number of amides is 2. The number of benzene rings is 1. The van der Waals surface area contributed by atoms with Crippen molar-refractivity contribution in [1.82, 2.24) is 19.8 Å². The molecule has 1 aromatic carbocycles. The molecular formula is C17H24N6O. The van der Waals surface area contributed by atoms with Crippen molar-refractivity contribution in [2.45, 2.75) is 13.8 Å². The molecule has 0 bridgehead atoms. The summed E-state index contributed by atoms with van der Waals surface area (Å²) in [5, 5.41) is 2.96. The number of carbonyl (C=O) groups is 1. The molecule has 0 unspecified atom stereocenters. The third-order valence-corrected chi connectivity index (χ3v) is 4.43. The minimum Gasteiger partial charge on any atom is -0.329 e. The summed E-state index contributed by atoms with van der Waals surface area (Å²) in [6, 6.07) is 5.56. The van der Waals surface area contributed by atoms with E-state index in [1.165, 1.54) is 0 Å². The number of hydrogen-bond acceptors (Lipinski definition) is 5. The highest BCUT2D eigenvalue weighted by Crippen LogP contribution is 2.18. The second kappa shape index (κ2) is 7.11. The second-order valence-corrected chi connectivity index (χ2v) is 6.15. The predicted molar refractivity (Wildman–Crippen MR) is 95.1 cm³/mol. The fourth-order valence-corrected chi connectivity index (χ4v) is 2.87. The maximum absolute atomic E-state index is 12.4. The summed E-state index contributed by atoms with van der Waals surface area (Å²) >= 11 is 0. The van der Waals surface area contributed by atoms with Gasteiger partial charge in [-0.15, -0.1) is 0 Å². The maximum Gasteiger partial charge on any atom is 0.321 e. The second-order valence-electron chi connectivity index (χ2n) is 6.15. The zero-order valence-electron chi connectivity index (χ0n) is 14.2. The Morgan fingerprint density at radius 1 is 1.12 bits per heavy atom. The molecule has 1 fully saturated rings. The zero-order chi connectivity index (χ0) is 17.1. The SMILES string of the molecule is Cc1nc2ccc(NC(=O)N3CCN(CCN)CC3)cc2nc1C. The molecule has 2 aromatic rings. The van der Waals surface area contributed by atoms with Crippen LogP contribution in [0, 0.1) is 13.8 Å². The number of piperazine rings is 1. The molecule has 1 aliphatic heterocycles. The van der Waals surface area contributed by atoms with Crippen molar-refractivity contribution in [1.29, 1.82) is 0 Å². The average molecular weight is 328 g/mol. The Bertz CT molecular complexity index is 739. The normalized spacial score (nSPS) is 15.7. The highest BCUT2D eigenvalue weighted by Gasteiger charge is 2.20. The van der Waals surface area contributed by atoms with E-state index in [1.54, 1.807) is 0 Å². The molecule has 0 atom stereocenters. The van der Waals surface area contributed by atoms with Crippen molar-refractivity contribution in [2.75, 3.05) is 44.6 Å². The lowest BCUT2D eigenvalue weighted by molar-refractivity contribution is 0.149. The molecule has 128 valence electrons. The van der Waals surface area contributed by atoms with E-state index >= 15 is 0 Å². The first-order valence-corrected chi connectivity index (χ1v) is 8.30. The van der Waals surface area contributed by atoms with Crippen LogP contribution in [-0.4, -0.2) is 65.1 Å². The smallest absolute Gasteiger partial charge is 0.321 e. The lowest BCUT2D eigenvalue weighted by atomic mass is 10.2. The molecule has 0 spiro atoms. The van der Waals surface area contributed by atoms with Gasteiger partial charge in [0.15, 0.2) is 0 Å². The Balaban J connectivity index is 1.66. The van der Waals surface area contributed by atoms with Gasteiger partial charge in [-0.05, 0) is 32.0 Å². The number of carbonyl (C=O) groups excluding carboxylic acids is 1. The number of aromatic nitrogens is 2. The summed E-state index contributed by atoms with van der Waals surface area (Å²) in [5.74, 6) is 0. The first-order valence-electron chi connectivity index (χ1n) is 8.30. The van der Waals surface area contributed by atoms with E-state index in [1.807, 2.05) is 36.9 Å². The van der Waals surface area contributed by atoms with Crippen LogP contribution in [-0.2, 0) is 0 Å². The molecule has 2 amide bonds. The summed E-state index contributed by atoms with van der Waals surface area (Å²) in [4.78, 5) is 25.6. The van der Waals surface area contributed by atoms with Gasteiger partial charge in [0.05, 0.1) is 22.4 Å². The van der Waals surface area contributed by atoms with Gasteiger partial charge in [0, 0.05) is 45.0 Å². The number of anilines is 1. The van der Waals surface area contributed by atoms with Crippen LogP contribution in [0.2, 0.25) is 0 Å². The molecular weight excluding hydrogens is 304 g/mol. The quantitative estimate of drug-likeness (QED) is 0.888. The first kappa shape index (κ1) is 16.6. The third kappa shape index (κ3) is 3.63. The van der Waals surface area contributed by atoms with Crippen LogP contribution in [0.1, 0.15) is 11.4 Å². The molecule has 24 heavy (non-hydrogen) atoms. The van der Waals surface area contributed by atoms with Crippen LogP contribution in [0.15, 0.2) is 18.2 Å². The molecule has 7 heteroatoms.